The zero-order chi connectivity index (χ0) is 9.97. The predicted molar refractivity (Wildman–Crippen MR) is 57.2 cm³/mol. The van der Waals surface area contributed by atoms with Crippen LogP contribution in [0.15, 0.2) is 0 Å². The van der Waals surface area contributed by atoms with Crippen LogP contribution in [0.2, 0.25) is 0 Å². The molecule has 2 heteroatoms. The molecule has 0 aromatic rings. The highest BCUT2D eigenvalue weighted by molar-refractivity contribution is 5.82. The van der Waals surface area contributed by atoms with Gasteiger partial charge in [0, 0.05) is 24.9 Å². The Bertz CT molecular complexity index is 214. The van der Waals surface area contributed by atoms with E-state index in [4.69, 9.17) is 0 Å². The Balaban J connectivity index is 1.96. The molecule has 2 rings (SSSR count). The molecule has 2 saturated heterocycles. The van der Waals surface area contributed by atoms with E-state index in [9.17, 15) is 4.79 Å². The van der Waals surface area contributed by atoms with E-state index in [-0.39, 0.29) is 0 Å². The Morgan fingerprint density at radius 1 is 1.43 bits per heavy atom. The van der Waals surface area contributed by atoms with Gasteiger partial charge in [-0.05, 0) is 25.8 Å². The van der Waals surface area contributed by atoms with Crippen LogP contribution in [0.3, 0.4) is 0 Å². The maximum Gasteiger partial charge on any atom is 0.138 e. The van der Waals surface area contributed by atoms with E-state index < -0.39 is 0 Å². The van der Waals surface area contributed by atoms with Gasteiger partial charge >= 0.3 is 0 Å². The van der Waals surface area contributed by atoms with Crippen molar-refractivity contribution in [1.29, 1.82) is 0 Å². The molecule has 0 saturated carbocycles. The van der Waals surface area contributed by atoms with Crippen molar-refractivity contribution < 1.29 is 4.79 Å². The van der Waals surface area contributed by atoms with Crippen molar-refractivity contribution in [3.05, 3.63) is 0 Å². The van der Waals surface area contributed by atoms with E-state index in [2.05, 4.69) is 11.8 Å². The van der Waals surface area contributed by atoms with Crippen LogP contribution >= 0.6 is 0 Å². The Kier molecular flexibility index (Phi) is 3.22. The second-order valence-electron chi connectivity index (χ2n) is 4.80. The van der Waals surface area contributed by atoms with Gasteiger partial charge in [-0.3, -0.25) is 9.69 Å². The molecule has 0 radical (unpaired) electrons. The summed E-state index contributed by atoms with van der Waals surface area (Å²) in [6.45, 7) is 4.46. The normalized spacial score (nSPS) is 34.2. The van der Waals surface area contributed by atoms with Gasteiger partial charge in [0.05, 0.1) is 0 Å². The summed E-state index contributed by atoms with van der Waals surface area (Å²) in [6.07, 6.45) is 7.00. The number of carbonyl (C=O) groups excluding carboxylic acids is 1. The van der Waals surface area contributed by atoms with Crippen LogP contribution in [0.4, 0.5) is 0 Å². The molecule has 0 aromatic heterocycles. The first-order valence-electron chi connectivity index (χ1n) is 6.08. The lowest BCUT2D eigenvalue weighted by molar-refractivity contribution is -0.129. The number of hydrogen-bond donors (Lipinski definition) is 0. The molecule has 0 aromatic carbocycles. The van der Waals surface area contributed by atoms with Gasteiger partial charge in [0.1, 0.15) is 5.78 Å². The lowest BCUT2D eigenvalue weighted by Gasteiger charge is -2.41. The number of rotatable bonds is 2. The summed E-state index contributed by atoms with van der Waals surface area (Å²) >= 11 is 0. The average molecular weight is 195 g/mol. The van der Waals surface area contributed by atoms with Gasteiger partial charge in [0.15, 0.2) is 0 Å². The Hall–Kier alpha value is -0.370. The average Bonchev–Trinajstić information content (AvgIpc) is 2.19. The topological polar surface area (TPSA) is 20.3 Å². The summed E-state index contributed by atoms with van der Waals surface area (Å²) in [4.78, 5) is 14.4. The summed E-state index contributed by atoms with van der Waals surface area (Å²) in [5.41, 5.74) is 0. The van der Waals surface area contributed by atoms with E-state index in [1.54, 1.807) is 0 Å². The molecule has 0 unspecified atom stereocenters. The van der Waals surface area contributed by atoms with E-state index in [0.717, 1.165) is 25.8 Å². The SMILES string of the molecule is CCC[C@H]1CN2CCCC[C@@H]2CC1=O. The minimum atomic E-state index is 0.356. The van der Waals surface area contributed by atoms with Crippen molar-refractivity contribution in [1.82, 2.24) is 4.90 Å². The number of carbonyl (C=O) groups is 1. The number of ketones is 1. The molecule has 0 spiro atoms. The maximum absolute atomic E-state index is 11.8. The van der Waals surface area contributed by atoms with Gasteiger partial charge in [-0.2, -0.15) is 0 Å². The van der Waals surface area contributed by atoms with Gasteiger partial charge in [0.25, 0.3) is 0 Å². The van der Waals surface area contributed by atoms with Crippen LogP contribution in [0.1, 0.15) is 45.4 Å². The molecular formula is C12H21NO. The molecule has 0 amide bonds. The fourth-order valence-corrected chi connectivity index (χ4v) is 2.92. The first kappa shape index (κ1) is 10.2. The van der Waals surface area contributed by atoms with Crippen molar-refractivity contribution in [2.45, 2.75) is 51.5 Å². The summed E-state index contributed by atoms with van der Waals surface area (Å²) in [6, 6.07) is 0.601. The lowest BCUT2D eigenvalue weighted by atomic mass is 9.84. The first-order chi connectivity index (χ1) is 6.81. The van der Waals surface area contributed by atoms with Gasteiger partial charge in [-0.25, -0.2) is 0 Å². The zero-order valence-electron chi connectivity index (χ0n) is 9.17. The van der Waals surface area contributed by atoms with Crippen LogP contribution in [-0.4, -0.2) is 29.8 Å². The molecule has 2 nitrogen and oxygen atoms in total. The quantitative estimate of drug-likeness (QED) is 0.673. The van der Waals surface area contributed by atoms with E-state index in [1.165, 1.54) is 25.8 Å². The zero-order valence-corrected chi connectivity index (χ0v) is 9.17. The molecule has 2 heterocycles. The largest absolute Gasteiger partial charge is 0.299 e. The van der Waals surface area contributed by atoms with Gasteiger partial charge < -0.3 is 0 Å². The van der Waals surface area contributed by atoms with Crippen molar-refractivity contribution in [3.8, 4) is 0 Å². The van der Waals surface area contributed by atoms with Gasteiger partial charge in [-0.1, -0.05) is 19.8 Å². The van der Waals surface area contributed by atoms with E-state index in [0.29, 0.717) is 17.7 Å². The fourth-order valence-electron chi connectivity index (χ4n) is 2.92. The molecular weight excluding hydrogens is 174 g/mol. The molecule has 2 atom stereocenters. The molecule has 2 aliphatic rings. The molecule has 2 aliphatic heterocycles. The molecule has 2 fully saturated rings. The molecule has 0 bridgehead atoms. The van der Waals surface area contributed by atoms with Crippen LogP contribution in [-0.2, 0) is 4.79 Å². The number of nitrogens with zero attached hydrogens (tertiary/aromatic N) is 1. The lowest BCUT2D eigenvalue weighted by Crippen LogP contribution is -2.49. The third-order valence-electron chi connectivity index (χ3n) is 3.73. The monoisotopic (exact) mass is 195 g/mol. The second-order valence-corrected chi connectivity index (χ2v) is 4.80. The third kappa shape index (κ3) is 2.00. The number of Topliss-reactive ketones (excluding diaryl/α,β-unsaturated/α-hetero) is 1. The van der Waals surface area contributed by atoms with Crippen molar-refractivity contribution >= 4 is 5.78 Å². The summed E-state index contributed by atoms with van der Waals surface area (Å²) in [7, 11) is 0. The Morgan fingerprint density at radius 2 is 2.29 bits per heavy atom. The smallest absolute Gasteiger partial charge is 0.138 e. The van der Waals surface area contributed by atoms with Crippen molar-refractivity contribution in [3.63, 3.8) is 0 Å². The minimum absolute atomic E-state index is 0.356. The van der Waals surface area contributed by atoms with Crippen LogP contribution in [0.5, 0.6) is 0 Å². The van der Waals surface area contributed by atoms with Gasteiger partial charge in [0.2, 0.25) is 0 Å². The predicted octanol–water partition coefficient (Wildman–Crippen LogP) is 2.23. The standard InChI is InChI=1S/C12H21NO/c1-2-5-10-9-13-7-4-3-6-11(13)8-12(10)14/h10-11H,2-9H2,1H3/t10-,11+/m0/s1. The van der Waals surface area contributed by atoms with E-state index in [1.807, 2.05) is 0 Å². The van der Waals surface area contributed by atoms with Crippen LogP contribution in [0, 0.1) is 5.92 Å². The number of fused-ring (bicyclic) bond motifs is 1. The van der Waals surface area contributed by atoms with Crippen molar-refractivity contribution in [2.24, 2.45) is 5.92 Å². The van der Waals surface area contributed by atoms with E-state index >= 15 is 0 Å². The molecule has 0 aliphatic carbocycles. The molecule has 80 valence electrons. The third-order valence-corrected chi connectivity index (χ3v) is 3.73. The highest BCUT2D eigenvalue weighted by atomic mass is 16.1. The Morgan fingerprint density at radius 3 is 3.07 bits per heavy atom. The maximum atomic E-state index is 11.8. The number of piperidine rings is 2. The highest BCUT2D eigenvalue weighted by Crippen LogP contribution is 2.28. The summed E-state index contributed by atoms with van der Waals surface area (Å²) < 4.78 is 0. The fraction of sp³-hybridized carbons (Fsp3) is 0.917. The summed E-state index contributed by atoms with van der Waals surface area (Å²) in [5.74, 6) is 0.893. The van der Waals surface area contributed by atoms with Crippen LogP contribution < -0.4 is 0 Å². The van der Waals surface area contributed by atoms with Crippen molar-refractivity contribution in [2.75, 3.05) is 13.1 Å². The summed E-state index contributed by atoms with van der Waals surface area (Å²) in [5, 5.41) is 0. The van der Waals surface area contributed by atoms with Crippen LogP contribution in [0.25, 0.3) is 0 Å². The minimum Gasteiger partial charge on any atom is -0.299 e. The van der Waals surface area contributed by atoms with Gasteiger partial charge in [-0.15, -0.1) is 0 Å². The number of hydrogen-bond acceptors (Lipinski definition) is 2. The molecule has 0 N–H and O–H groups in total. The second kappa shape index (κ2) is 4.43. The Labute approximate surface area is 86.7 Å². The molecule has 14 heavy (non-hydrogen) atoms. The first-order valence-corrected chi connectivity index (χ1v) is 6.08. The highest BCUT2D eigenvalue weighted by Gasteiger charge is 2.34.